The van der Waals surface area contributed by atoms with E-state index in [1.54, 1.807) is 6.92 Å². The number of carbonyl (C=O) groups excluding carboxylic acids is 3. The van der Waals surface area contributed by atoms with Crippen LogP contribution in [-0.4, -0.2) is 54.3 Å². The van der Waals surface area contributed by atoms with Crippen LogP contribution >= 0.6 is 0 Å². The van der Waals surface area contributed by atoms with Gasteiger partial charge in [-0.2, -0.15) is 0 Å². The average Bonchev–Trinajstić information content (AvgIpc) is 2.95. The number of anilines is 1. The van der Waals surface area contributed by atoms with Crippen LogP contribution < -0.4 is 4.90 Å². The number of ketones is 1. The molecule has 5 aliphatic heterocycles. The van der Waals surface area contributed by atoms with Crippen molar-refractivity contribution in [3.05, 3.63) is 41.5 Å². The molecule has 150 valence electrons. The SMILES string of the molecule is CC(=O)N1CC[C@@]23C(=O)C[C@H]4C(=CCO[C@@H]5CC(=O)N(c6ccccc62)[C@H]3[C@@H]54)C1. The van der Waals surface area contributed by atoms with Crippen molar-refractivity contribution in [2.24, 2.45) is 11.8 Å². The summed E-state index contributed by atoms with van der Waals surface area (Å²) >= 11 is 0. The normalized spacial score (nSPS) is 37.3. The molecule has 1 spiro atoms. The van der Waals surface area contributed by atoms with Crippen molar-refractivity contribution in [2.75, 3.05) is 24.6 Å². The Kier molecular flexibility index (Phi) is 3.47. The van der Waals surface area contributed by atoms with E-state index in [-0.39, 0.29) is 41.6 Å². The number of nitrogens with zero attached hydrogens (tertiary/aromatic N) is 2. The first-order chi connectivity index (χ1) is 14.0. The van der Waals surface area contributed by atoms with Crippen molar-refractivity contribution in [3.63, 3.8) is 0 Å². The van der Waals surface area contributed by atoms with E-state index in [4.69, 9.17) is 4.74 Å². The van der Waals surface area contributed by atoms with Crippen LogP contribution in [0.5, 0.6) is 0 Å². The predicted octanol–water partition coefficient (Wildman–Crippen LogP) is 1.83. The van der Waals surface area contributed by atoms with Crippen LogP contribution in [0.25, 0.3) is 0 Å². The van der Waals surface area contributed by atoms with Gasteiger partial charge >= 0.3 is 0 Å². The summed E-state index contributed by atoms with van der Waals surface area (Å²) in [6.07, 6.45) is 3.26. The van der Waals surface area contributed by atoms with E-state index in [0.29, 0.717) is 39.0 Å². The smallest absolute Gasteiger partial charge is 0.229 e. The first-order valence-corrected chi connectivity index (χ1v) is 10.5. The van der Waals surface area contributed by atoms with E-state index in [9.17, 15) is 14.4 Å². The molecule has 5 atom stereocenters. The van der Waals surface area contributed by atoms with Gasteiger partial charge in [0.05, 0.1) is 30.6 Å². The Morgan fingerprint density at radius 2 is 2.03 bits per heavy atom. The van der Waals surface area contributed by atoms with Crippen LogP contribution in [0.3, 0.4) is 0 Å². The average molecular weight is 392 g/mol. The van der Waals surface area contributed by atoms with Gasteiger partial charge in [-0.3, -0.25) is 14.4 Å². The Bertz CT molecular complexity index is 985. The van der Waals surface area contributed by atoms with Crippen molar-refractivity contribution < 1.29 is 19.1 Å². The lowest BCUT2D eigenvalue weighted by Crippen LogP contribution is -2.66. The van der Waals surface area contributed by atoms with Crippen LogP contribution in [0, 0.1) is 11.8 Å². The lowest BCUT2D eigenvalue weighted by atomic mass is 9.55. The molecule has 6 heteroatoms. The summed E-state index contributed by atoms with van der Waals surface area (Å²) in [5, 5.41) is 0. The summed E-state index contributed by atoms with van der Waals surface area (Å²) in [6.45, 7) is 3.11. The molecule has 6 nitrogen and oxygen atoms in total. The Labute approximate surface area is 169 Å². The molecule has 1 aliphatic carbocycles. The van der Waals surface area contributed by atoms with Crippen molar-refractivity contribution >= 4 is 23.3 Å². The van der Waals surface area contributed by atoms with Crippen LogP contribution in [-0.2, 0) is 24.5 Å². The summed E-state index contributed by atoms with van der Waals surface area (Å²) in [5.41, 5.74) is 2.22. The first kappa shape index (κ1) is 17.4. The van der Waals surface area contributed by atoms with Crippen LogP contribution in [0.4, 0.5) is 5.69 Å². The molecule has 4 bridgehead atoms. The maximum absolute atomic E-state index is 13.8. The number of Topliss-reactive ketones (excluding diaryl/α,β-unsaturated/α-hetero) is 1. The van der Waals surface area contributed by atoms with Crippen molar-refractivity contribution in [3.8, 4) is 0 Å². The molecule has 1 saturated carbocycles. The Morgan fingerprint density at radius 1 is 1.21 bits per heavy atom. The third-order valence-electron chi connectivity index (χ3n) is 7.96. The predicted molar refractivity (Wildman–Crippen MR) is 105 cm³/mol. The van der Waals surface area contributed by atoms with Crippen LogP contribution in [0.1, 0.15) is 31.7 Å². The molecule has 0 radical (unpaired) electrons. The van der Waals surface area contributed by atoms with E-state index in [1.807, 2.05) is 34.1 Å². The molecular formula is C23H24N2O4. The Balaban J connectivity index is 1.63. The molecule has 2 amide bonds. The van der Waals surface area contributed by atoms with Gasteiger partial charge in [-0.15, -0.1) is 0 Å². The lowest BCUT2D eigenvalue weighted by Gasteiger charge is -2.53. The molecule has 0 N–H and O–H groups in total. The summed E-state index contributed by atoms with van der Waals surface area (Å²) in [6, 6.07) is 7.66. The van der Waals surface area contributed by atoms with Crippen molar-refractivity contribution in [1.82, 2.24) is 4.90 Å². The molecule has 7 rings (SSSR count). The second-order valence-corrected chi connectivity index (χ2v) is 9.05. The molecule has 6 aliphatic rings. The quantitative estimate of drug-likeness (QED) is 0.632. The molecular weight excluding hydrogens is 368 g/mol. The molecule has 29 heavy (non-hydrogen) atoms. The molecule has 3 saturated heterocycles. The Morgan fingerprint density at radius 3 is 2.86 bits per heavy atom. The number of rotatable bonds is 0. The molecule has 5 heterocycles. The number of amides is 2. The zero-order valence-corrected chi connectivity index (χ0v) is 16.5. The maximum Gasteiger partial charge on any atom is 0.229 e. The highest BCUT2D eigenvalue weighted by Gasteiger charge is 2.67. The lowest BCUT2D eigenvalue weighted by molar-refractivity contribution is -0.140. The number of carbonyl (C=O) groups is 3. The fourth-order valence-corrected chi connectivity index (χ4v) is 6.76. The van der Waals surface area contributed by atoms with Gasteiger partial charge in [0, 0.05) is 38.0 Å². The largest absolute Gasteiger partial charge is 0.373 e. The third kappa shape index (κ3) is 2.08. The number of benzene rings is 1. The van der Waals surface area contributed by atoms with E-state index in [1.165, 1.54) is 0 Å². The highest BCUT2D eigenvalue weighted by Crippen LogP contribution is 2.60. The fourth-order valence-electron chi connectivity index (χ4n) is 6.76. The van der Waals surface area contributed by atoms with E-state index in [2.05, 4.69) is 6.08 Å². The summed E-state index contributed by atoms with van der Waals surface area (Å²) in [7, 11) is 0. The third-order valence-corrected chi connectivity index (χ3v) is 7.96. The number of ether oxygens (including phenoxy) is 1. The van der Waals surface area contributed by atoms with Gasteiger partial charge in [-0.25, -0.2) is 0 Å². The van der Waals surface area contributed by atoms with E-state index < -0.39 is 5.41 Å². The van der Waals surface area contributed by atoms with Gasteiger partial charge in [-0.1, -0.05) is 24.3 Å². The Hall–Kier alpha value is -2.47. The highest BCUT2D eigenvalue weighted by atomic mass is 16.5. The number of hydrogen-bond donors (Lipinski definition) is 0. The maximum atomic E-state index is 13.8. The number of para-hydroxylation sites is 1. The van der Waals surface area contributed by atoms with Crippen molar-refractivity contribution in [2.45, 2.75) is 43.7 Å². The zero-order valence-electron chi connectivity index (χ0n) is 16.5. The second kappa shape index (κ2) is 5.79. The number of fused-ring (bicyclic) bond motifs is 6. The van der Waals surface area contributed by atoms with Gasteiger partial charge in [0.25, 0.3) is 0 Å². The van der Waals surface area contributed by atoms with Crippen molar-refractivity contribution in [1.29, 1.82) is 0 Å². The molecule has 1 aromatic rings. The minimum atomic E-state index is -0.747. The van der Waals surface area contributed by atoms with E-state index >= 15 is 0 Å². The highest BCUT2D eigenvalue weighted by molar-refractivity contribution is 6.06. The summed E-state index contributed by atoms with van der Waals surface area (Å²) in [4.78, 5) is 43.3. The second-order valence-electron chi connectivity index (χ2n) is 9.05. The number of hydrogen-bond acceptors (Lipinski definition) is 4. The topological polar surface area (TPSA) is 66.9 Å². The first-order valence-electron chi connectivity index (χ1n) is 10.5. The zero-order chi connectivity index (χ0) is 19.9. The number of piperidine rings is 1. The molecule has 4 fully saturated rings. The molecule has 0 aromatic heterocycles. The van der Waals surface area contributed by atoms with Gasteiger partial charge in [0.1, 0.15) is 5.78 Å². The summed E-state index contributed by atoms with van der Waals surface area (Å²) < 4.78 is 6.17. The fraction of sp³-hybridized carbons (Fsp3) is 0.522. The minimum Gasteiger partial charge on any atom is -0.373 e. The molecule has 1 aromatic carbocycles. The summed E-state index contributed by atoms with van der Waals surface area (Å²) in [5.74, 6) is 0.395. The molecule has 0 unspecified atom stereocenters. The van der Waals surface area contributed by atoms with Gasteiger partial charge in [-0.05, 0) is 29.5 Å². The van der Waals surface area contributed by atoms with E-state index in [0.717, 1.165) is 16.8 Å². The van der Waals surface area contributed by atoms with Crippen LogP contribution in [0.2, 0.25) is 0 Å². The minimum absolute atomic E-state index is 0.0259. The monoisotopic (exact) mass is 392 g/mol. The van der Waals surface area contributed by atoms with Gasteiger partial charge in [0.15, 0.2) is 0 Å². The van der Waals surface area contributed by atoms with Gasteiger partial charge in [0.2, 0.25) is 11.8 Å². The standard InChI is InChI=1S/C23H24N2O4/c1-13(26)24-8-7-23-16-4-2-3-5-17(16)25-20(28)11-18-21(22(23)25)15(10-19(23)27)14(12-24)6-9-29-18/h2-6,15,18,21-22H,7-12H2,1H3/t15-,18+,21+,22-,23-/m0/s1. The van der Waals surface area contributed by atoms with Gasteiger partial charge < -0.3 is 14.5 Å². The van der Waals surface area contributed by atoms with Crippen LogP contribution in [0.15, 0.2) is 35.9 Å².